The molecule has 20 heavy (non-hydrogen) atoms. The number of allylic oxidation sites excluding steroid dienone is 5. The van der Waals surface area contributed by atoms with Crippen molar-refractivity contribution in [3.63, 3.8) is 0 Å². The van der Waals surface area contributed by atoms with Gasteiger partial charge in [-0.1, -0.05) is 34.9 Å². The molecular formula is C17H30N2S. The second kappa shape index (κ2) is 11.7. The van der Waals surface area contributed by atoms with E-state index in [0.29, 0.717) is 5.11 Å². The summed E-state index contributed by atoms with van der Waals surface area (Å²) in [6, 6.07) is 0. The number of thiocarbonyl (C=S) groups is 1. The quantitative estimate of drug-likeness (QED) is 0.509. The van der Waals surface area contributed by atoms with Crippen molar-refractivity contribution in [2.45, 2.75) is 53.4 Å². The zero-order chi connectivity index (χ0) is 15.4. The second-order valence-corrected chi connectivity index (χ2v) is 5.83. The Balaban J connectivity index is 3.88. The van der Waals surface area contributed by atoms with Gasteiger partial charge in [0.1, 0.15) is 0 Å². The molecule has 114 valence electrons. The molecule has 0 bridgehead atoms. The maximum absolute atomic E-state index is 5.02. The highest BCUT2D eigenvalue weighted by molar-refractivity contribution is 7.80. The third-order valence-electron chi connectivity index (χ3n) is 3.06. The van der Waals surface area contributed by atoms with Crippen LogP contribution in [-0.2, 0) is 0 Å². The van der Waals surface area contributed by atoms with E-state index in [-0.39, 0.29) is 0 Å². The van der Waals surface area contributed by atoms with Crippen LogP contribution in [-0.4, -0.2) is 18.7 Å². The van der Waals surface area contributed by atoms with Crippen LogP contribution in [0.15, 0.2) is 34.9 Å². The number of hydrogen-bond donors (Lipinski definition) is 2. The van der Waals surface area contributed by atoms with Crippen molar-refractivity contribution >= 4 is 17.3 Å². The lowest BCUT2D eigenvalue weighted by Crippen LogP contribution is -2.32. The molecule has 0 aliphatic carbocycles. The van der Waals surface area contributed by atoms with E-state index >= 15 is 0 Å². The summed E-state index contributed by atoms with van der Waals surface area (Å²) < 4.78 is 0. The summed E-state index contributed by atoms with van der Waals surface area (Å²) in [6.45, 7) is 9.51. The number of hydrogen-bond acceptors (Lipinski definition) is 1. The van der Waals surface area contributed by atoms with Crippen molar-refractivity contribution < 1.29 is 0 Å². The summed E-state index contributed by atoms with van der Waals surface area (Å²) >= 11 is 5.02. The molecule has 0 aliphatic rings. The first-order valence-electron chi connectivity index (χ1n) is 7.36. The van der Waals surface area contributed by atoms with E-state index in [2.05, 4.69) is 56.6 Å². The summed E-state index contributed by atoms with van der Waals surface area (Å²) in [6.07, 6.45) is 11.4. The van der Waals surface area contributed by atoms with E-state index in [9.17, 15) is 0 Å². The highest BCUT2D eigenvalue weighted by atomic mass is 32.1. The molecule has 0 aromatic heterocycles. The Kier molecular flexibility index (Phi) is 11.1. The van der Waals surface area contributed by atoms with Crippen LogP contribution in [0.4, 0.5) is 0 Å². The molecule has 0 saturated heterocycles. The zero-order valence-electron chi connectivity index (χ0n) is 13.7. The number of rotatable bonds is 8. The Bertz CT molecular complexity index is 374. The van der Waals surface area contributed by atoms with E-state index in [0.717, 1.165) is 25.8 Å². The van der Waals surface area contributed by atoms with Crippen molar-refractivity contribution in [3.8, 4) is 0 Å². The molecule has 0 unspecified atom stereocenters. The highest BCUT2D eigenvalue weighted by Gasteiger charge is 1.92. The van der Waals surface area contributed by atoms with Crippen molar-refractivity contribution in [2.75, 3.05) is 13.6 Å². The van der Waals surface area contributed by atoms with E-state index in [1.54, 1.807) is 0 Å². The molecule has 0 atom stereocenters. The van der Waals surface area contributed by atoms with Crippen LogP contribution in [0.2, 0.25) is 0 Å². The third kappa shape index (κ3) is 12.0. The minimum atomic E-state index is 0.698. The van der Waals surface area contributed by atoms with Crippen molar-refractivity contribution in [3.05, 3.63) is 34.9 Å². The fraction of sp³-hybridized carbons (Fsp3) is 0.588. The molecule has 3 heteroatoms. The molecule has 0 saturated carbocycles. The SMILES string of the molecule is CNC(=S)NC/C=C(\C)CC/C=C(\C)CCC=C(C)C. The maximum Gasteiger partial charge on any atom is 0.166 e. The third-order valence-corrected chi connectivity index (χ3v) is 3.41. The van der Waals surface area contributed by atoms with Gasteiger partial charge in [-0.2, -0.15) is 0 Å². The first-order valence-corrected chi connectivity index (χ1v) is 7.76. The Morgan fingerprint density at radius 3 is 2.00 bits per heavy atom. The van der Waals surface area contributed by atoms with Gasteiger partial charge in [0, 0.05) is 13.6 Å². The smallest absolute Gasteiger partial charge is 0.166 e. The van der Waals surface area contributed by atoms with Gasteiger partial charge in [0.15, 0.2) is 5.11 Å². The fourth-order valence-electron chi connectivity index (χ4n) is 1.75. The van der Waals surface area contributed by atoms with Crippen LogP contribution in [0.25, 0.3) is 0 Å². The Morgan fingerprint density at radius 1 is 0.900 bits per heavy atom. The number of nitrogens with one attached hydrogen (secondary N) is 2. The molecule has 2 N–H and O–H groups in total. The Labute approximate surface area is 130 Å². The molecule has 0 aromatic carbocycles. The highest BCUT2D eigenvalue weighted by Crippen LogP contribution is 2.11. The molecule has 0 fully saturated rings. The minimum absolute atomic E-state index is 0.698. The van der Waals surface area contributed by atoms with Gasteiger partial charge in [0.25, 0.3) is 0 Å². The van der Waals surface area contributed by atoms with Crippen LogP contribution in [0.3, 0.4) is 0 Å². The van der Waals surface area contributed by atoms with Crippen molar-refractivity contribution in [1.29, 1.82) is 0 Å². The molecule has 0 aromatic rings. The predicted octanol–water partition coefficient (Wildman–Crippen LogP) is 4.50. The van der Waals surface area contributed by atoms with Gasteiger partial charge in [-0.05, 0) is 65.6 Å². The summed E-state index contributed by atoms with van der Waals surface area (Å²) in [5.41, 5.74) is 4.30. The lowest BCUT2D eigenvalue weighted by molar-refractivity contribution is 0.906. The van der Waals surface area contributed by atoms with E-state index in [1.165, 1.54) is 23.1 Å². The van der Waals surface area contributed by atoms with Gasteiger partial charge < -0.3 is 10.6 Å². The fourth-order valence-corrected chi connectivity index (χ4v) is 1.83. The Morgan fingerprint density at radius 2 is 1.45 bits per heavy atom. The lowest BCUT2D eigenvalue weighted by atomic mass is 10.1. The summed E-state index contributed by atoms with van der Waals surface area (Å²) in [5.74, 6) is 0. The molecular weight excluding hydrogens is 264 g/mol. The van der Waals surface area contributed by atoms with Crippen molar-refractivity contribution in [2.24, 2.45) is 0 Å². The summed E-state index contributed by atoms with van der Waals surface area (Å²) in [5, 5.41) is 6.72. The molecule has 0 radical (unpaired) electrons. The van der Waals surface area contributed by atoms with Gasteiger partial charge in [0.2, 0.25) is 0 Å². The van der Waals surface area contributed by atoms with Crippen LogP contribution in [0.1, 0.15) is 53.4 Å². The first kappa shape index (κ1) is 18.9. The molecule has 0 heterocycles. The van der Waals surface area contributed by atoms with Gasteiger partial charge in [0.05, 0.1) is 0 Å². The predicted molar refractivity (Wildman–Crippen MR) is 95.1 cm³/mol. The Hall–Kier alpha value is -1.09. The zero-order valence-corrected chi connectivity index (χ0v) is 14.5. The molecule has 0 rings (SSSR count). The van der Waals surface area contributed by atoms with E-state index < -0.39 is 0 Å². The topological polar surface area (TPSA) is 24.1 Å². The largest absolute Gasteiger partial charge is 0.366 e. The van der Waals surface area contributed by atoms with E-state index in [4.69, 9.17) is 12.2 Å². The molecule has 0 amide bonds. The van der Waals surface area contributed by atoms with E-state index in [1.807, 2.05) is 7.05 Å². The van der Waals surface area contributed by atoms with Gasteiger partial charge in [-0.25, -0.2) is 0 Å². The van der Waals surface area contributed by atoms with Crippen LogP contribution < -0.4 is 10.6 Å². The van der Waals surface area contributed by atoms with Gasteiger partial charge in [-0.3, -0.25) is 0 Å². The molecule has 0 spiro atoms. The summed E-state index contributed by atoms with van der Waals surface area (Å²) in [4.78, 5) is 0. The second-order valence-electron chi connectivity index (χ2n) is 5.42. The molecule has 0 aliphatic heterocycles. The monoisotopic (exact) mass is 294 g/mol. The van der Waals surface area contributed by atoms with Crippen LogP contribution in [0.5, 0.6) is 0 Å². The van der Waals surface area contributed by atoms with Gasteiger partial charge in [-0.15, -0.1) is 0 Å². The standard InChI is InChI=1S/C17H30N2S/c1-14(2)8-6-9-15(3)10-7-11-16(4)12-13-19-17(20)18-5/h8,10,12H,6-7,9,11,13H2,1-5H3,(H2,18,19,20)/b15-10+,16-12+. The van der Waals surface area contributed by atoms with Crippen molar-refractivity contribution in [1.82, 2.24) is 10.6 Å². The maximum atomic E-state index is 5.02. The minimum Gasteiger partial charge on any atom is -0.366 e. The average molecular weight is 295 g/mol. The summed E-state index contributed by atoms with van der Waals surface area (Å²) in [7, 11) is 1.83. The first-order chi connectivity index (χ1) is 9.45. The van der Waals surface area contributed by atoms with Crippen LogP contribution in [0, 0.1) is 0 Å². The normalized spacial score (nSPS) is 12.1. The van der Waals surface area contributed by atoms with Gasteiger partial charge >= 0.3 is 0 Å². The van der Waals surface area contributed by atoms with Crippen LogP contribution >= 0.6 is 12.2 Å². The average Bonchev–Trinajstić information content (AvgIpc) is 2.38. The molecule has 2 nitrogen and oxygen atoms in total. The lowest BCUT2D eigenvalue weighted by Gasteiger charge is -2.05.